The lowest BCUT2D eigenvalue weighted by atomic mass is 9.78. The van der Waals surface area contributed by atoms with E-state index in [-0.39, 0.29) is 5.41 Å². The molecule has 3 nitrogen and oxygen atoms in total. The van der Waals surface area contributed by atoms with E-state index in [1.807, 2.05) is 18.6 Å². The van der Waals surface area contributed by atoms with Gasteiger partial charge in [-0.1, -0.05) is 13.0 Å². The molecule has 0 aromatic carbocycles. The predicted molar refractivity (Wildman–Crippen MR) is 71.2 cm³/mol. The number of hydrogen-bond acceptors (Lipinski definition) is 2. The molecule has 94 valence electrons. The summed E-state index contributed by atoms with van der Waals surface area (Å²) in [5, 5.41) is 3.43. The van der Waals surface area contributed by atoms with Gasteiger partial charge >= 0.3 is 0 Å². The average Bonchev–Trinajstić information content (AvgIpc) is 2.80. The third kappa shape index (κ3) is 2.44. The molecule has 1 saturated heterocycles. The minimum atomic E-state index is 0.275. The van der Waals surface area contributed by atoms with Crippen molar-refractivity contribution in [2.45, 2.75) is 44.6 Å². The Hall–Kier alpha value is -1.09. The van der Waals surface area contributed by atoms with E-state index < -0.39 is 0 Å². The highest BCUT2D eigenvalue weighted by Crippen LogP contribution is 2.34. The van der Waals surface area contributed by atoms with Crippen LogP contribution in [0.15, 0.2) is 25.2 Å². The maximum Gasteiger partial charge on any atom is 0.0950 e. The Bertz CT molecular complexity index is 375. The molecule has 1 aromatic rings. The van der Waals surface area contributed by atoms with Crippen molar-refractivity contribution in [3.63, 3.8) is 0 Å². The molecule has 1 aliphatic heterocycles. The summed E-state index contributed by atoms with van der Waals surface area (Å²) in [5.74, 6) is 0. The number of allylic oxidation sites excluding steroid dienone is 1. The lowest BCUT2D eigenvalue weighted by Crippen LogP contribution is -2.39. The highest BCUT2D eigenvalue weighted by Gasteiger charge is 2.32. The fourth-order valence-corrected chi connectivity index (χ4v) is 2.71. The molecule has 3 heteroatoms. The smallest absolute Gasteiger partial charge is 0.0950 e. The van der Waals surface area contributed by atoms with Gasteiger partial charge in [0.25, 0.3) is 0 Å². The van der Waals surface area contributed by atoms with Crippen molar-refractivity contribution in [3.05, 3.63) is 30.9 Å². The molecule has 0 aliphatic carbocycles. The number of rotatable bonds is 4. The maximum atomic E-state index is 4.35. The second-order valence-corrected chi connectivity index (χ2v) is 5.37. The number of piperidine rings is 1. The van der Waals surface area contributed by atoms with E-state index >= 15 is 0 Å². The largest absolute Gasteiger partial charge is 0.331 e. The van der Waals surface area contributed by atoms with E-state index in [1.54, 1.807) is 0 Å². The molecule has 1 atom stereocenters. The van der Waals surface area contributed by atoms with Crippen LogP contribution in [0.3, 0.4) is 0 Å². The molecule has 2 heterocycles. The van der Waals surface area contributed by atoms with Crippen LogP contribution in [0.25, 0.3) is 0 Å². The Kier molecular flexibility index (Phi) is 3.67. The van der Waals surface area contributed by atoms with Gasteiger partial charge in [-0.3, -0.25) is 0 Å². The topological polar surface area (TPSA) is 29.9 Å². The Labute approximate surface area is 104 Å². The van der Waals surface area contributed by atoms with E-state index in [2.05, 4.69) is 35.3 Å². The zero-order chi connectivity index (χ0) is 12.3. The fourth-order valence-electron chi connectivity index (χ4n) is 2.71. The highest BCUT2D eigenvalue weighted by molar-refractivity contribution is 5.16. The standard InChI is InChI=1S/C14H23N3/c1-4-5-12(2)17-11-16-10-13(17)14(3)6-8-15-9-7-14/h4,10-12,15H,1,5-9H2,2-3H3. The van der Waals surface area contributed by atoms with Gasteiger partial charge in [0.15, 0.2) is 0 Å². The first kappa shape index (κ1) is 12.4. The minimum Gasteiger partial charge on any atom is -0.331 e. The molecule has 1 unspecified atom stereocenters. The zero-order valence-corrected chi connectivity index (χ0v) is 10.9. The normalized spacial score (nSPS) is 21.1. The number of hydrogen-bond donors (Lipinski definition) is 1. The highest BCUT2D eigenvalue weighted by atomic mass is 15.1. The van der Waals surface area contributed by atoms with Crippen LogP contribution in [-0.4, -0.2) is 22.6 Å². The first-order chi connectivity index (χ1) is 8.17. The summed E-state index contributed by atoms with van der Waals surface area (Å²) in [7, 11) is 0. The first-order valence-corrected chi connectivity index (χ1v) is 6.51. The predicted octanol–water partition coefficient (Wildman–Crippen LogP) is 2.66. The van der Waals surface area contributed by atoms with Gasteiger partial charge in [-0.15, -0.1) is 6.58 Å². The Balaban J connectivity index is 2.25. The molecule has 0 radical (unpaired) electrons. The third-order valence-corrected chi connectivity index (χ3v) is 3.97. The van der Waals surface area contributed by atoms with E-state index in [1.165, 1.54) is 18.5 Å². The number of nitrogens with one attached hydrogen (secondary N) is 1. The van der Waals surface area contributed by atoms with Crippen LogP contribution in [-0.2, 0) is 5.41 Å². The number of aromatic nitrogens is 2. The van der Waals surface area contributed by atoms with Crippen LogP contribution < -0.4 is 5.32 Å². The lowest BCUT2D eigenvalue weighted by molar-refractivity contribution is 0.310. The summed E-state index contributed by atoms with van der Waals surface area (Å²) in [4.78, 5) is 4.35. The third-order valence-electron chi connectivity index (χ3n) is 3.97. The van der Waals surface area contributed by atoms with Crippen molar-refractivity contribution in [2.24, 2.45) is 0 Å². The molecule has 0 amide bonds. The molecule has 0 spiro atoms. The molecule has 2 rings (SSSR count). The second kappa shape index (κ2) is 5.05. The molecule has 0 saturated carbocycles. The molecule has 1 aromatic heterocycles. The summed E-state index contributed by atoms with van der Waals surface area (Å²) in [6.07, 6.45) is 9.39. The molecule has 17 heavy (non-hydrogen) atoms. The summed E-state index contributed by atoms with van der Waals surface area (Å²) in [6.45, 7) is 10.6. The van der Waals surface area contributed by atoms with Crippen LogP contribution in [0, 0.1) is 0 Å². The van der Waals surface area contributed by atoms with E-state index in [0.717, 1.165) is 19.5 Å². The van der Waals surface area contributed by atoms with Gasteiger partial charge in [-0.25, -0.2) is 4.98 Å². The summed E-state index contributed by atoms with van der Waals surface area (Å²) in [5.41, 5.74) is 1.66. The Morgan fingerprint density at radius 2 is 2.29 bits per heavy atom. The Morgan fingerprint density at radius 3 is 2.94 bits per heavy atom. The van der Waals surface area contributed by atoms with E-state index in [9.17, 15) is 0 Å². The van der Waals surface area contributed by atoms with Crippen molar-refractivity contribution in [2.75, 3.05) is 13.1 Å². The summed E-state index contributed by atoms with van der Waals surface area (Å²) in [6, 6.07) is 0.455. The molecule has 1 N–H and O–H groups in total. The fraction of sp³-hybridized carbons (Fsp3) is 0.643. The van der Waals surface area contributed by atoms with Crippen molar-refractivity contribution < 1.29 is 0 Å². The lowest BCUT2D eigenvalue weighted by Gasteiger charge is -2.35. The van der Waals surface area contributed by atoms with Crippen LogP contribution in [0.1, 0.15) is 44.8 Å². The monoisotopic (exact) mass is 233 g/mol. The van der Waals surface area contributed by atoms with Gasteiger partial charge in [-0.05, 0) is 39.3 Å². The molecular weight excluding hydrogens is 210 g/mol. The van der Waals surface area contributed by atoms with Crippen molar-refractivity contribution >= 4 is 0 Å². The van der Waals surface area contributed by atoms with Gasteiger partial charge in [0, 0.05) is 23.3 Å². The zero-order valence-electron chi connectivity index (χ0n) is 10.9. The van der Waals surface area contributed by atoms with Gasteiger partial charge in [0.2, 0.25) is 0 Å². The average molecular weight is 233 g/mol. The van der Waals surface area contributed by atoms with Gasteiger partial charge in [0.05, 0.1) is 6.33 Å². The van der Waals surface area contributed by atoms with Crippen molar-refractivity contribution in [1.82, 2.24) is 14.9 Å². The van der Waals surface area contributed by atoms with E-state index in [0.29, 0.717) is 6.04 Å². The van der Waals surface area contributed by atoms with E-state index in [4.69, 9.17) is 0 Å². The number of nitrogens with zero attached hydrogens (tertiary/aromatic N) is 2. The van der Waals surface area contributed by atoms with Crippen molar-refractivity contribution in [3.8, 4) is 0 Å². The van der Waals surface area contributed by atoms with Crippen LogP contribution in [0.4, 0.5) is 0 Å². The maximum absolute atomic E-state index is 4.35. The van der Waals surface area contributed by atoms with Gasteiger partial charge in [-0.2, -0.15) is 0 Å². The molecule has 0 bridgehead atoms. The van der Waals surface area contributed by atoms with Gasteiger partial charge < -0.3 is 9.88 Å². The summed E-state index contributed by atoms with van der Waals surface area (Å²) >= 11 is 0. The van der Waals surface area contributed by atoms with Crippen LogP contribution in [0.5, 0.6) is 0 Å². The SMILES string of the molecule is C=CCC(C)n1cncc1C1(C)CCNCC1. The first-order valence-electron chi connectivity index (χ1n) is 6.51. The van der Waals surface area contributed by atoms with Gasteiger partial charge in [0.1, 0.15) is 0 Å². The summed E-state index contributed by atoms with van der Waals surface area (Å²) < 4.78 is 2.33. The molecule has 1 aliphatic rings. The van der Waals surface area contributed by atoms with Crippen LogP contribution in [0.2, 0.25) is 0 Å². The minimum absolute atomic E-state index is 0.275. The Morgan fingerprint density at radius 1 is 1.59 bits per heavy atom. The quantitative estimate of drug-likeness (QED) is 0.810. The molecular formula is C14H23N3. The number of imidazole rings is 1. The van der Waals surface area contributed by atoms with Crippen LogP contribution >= 0.6 is 0 Å². The molecule has 1 fully saturated rings. The van der Waals surface area contributed by atoms with Crippen molar-refractivity contribution in [1.29, 1.82) is 0 Å². The second-order valence-electron chi connectivity index (χ2n) is 5.37.